The minimum atomic E-state index is -0.673. The first-order valence-corrected chi connectivity index (χ1v) is 5.94. The lowest BCUT2D eigenvalue weighted by atomic mass is 9.99. The van der Waals surface area contributed by atoms with Gasteiger partial charge in [-0.15, -0.1) is 0 Å². The maximum absolute atomic E-state index is 11.9. The van der Waals surface area contributed by atoms with Crippen molar-refractivity contribution in [1.82, 2.24) is 20.6 Å². The van der Waals surface area contributed by atoms with Gasteiger partial charge in [0, 0.05) is 18.3 Å². The number of aromatic amines is 2. The van der Waals surface area contributed by atoms with E-state index in [0.717, 1.165) is 25.6 Å². The van der Waals surface area contributed by atoms with Gasteiger partial charge in [-0.2, -0.15) is 0 Å². The van der Waals surface area contributed by atoms with Crippen LogP contribution in [0.4, 0.5) is 0 Å². The molecular weight excluding hydrogens is 236 g/mol. The summed E-state index contributed by atoms with van der Waals surface area (Å²) < 4.78 is 0. The van der Waals surface area contributed by atoms with Gasteiger partial charge >= 0.3 is 5.69 Å². The molecule has 1 saturated heterocycles. The number of H-pyrrole nitrogens is 2. The summed E-state index contributed by atoms with van der Waals surface area (Å²) in [7, 11) is 0. The van der Waals surface area contributed by atoms with Crippen molar-refractivity contribution in [3.05, 3.63) is 32.6 Å². The van der Waals surface area contributed by atoms with E-state index in [-0.39, 0.29) is 17.6 Å². The quantitative estimate of drug-likeness (QED) is 0.538. The van der Waals surface area contributed by atoms with Crippen molar-refractivity contribution < 1.29 is 4.79 Å². The first kappa shape index (κ1) is 12.6. The molecule has 7 heteroatoms. The van der Waals surface area contributed by atoms with E-state index in [9.17, 15) is 14.4 Å². The SMILES string of the molecule is CC1NCCCC1NC(=O)c1c[nH]c(=O)[nH]c1=O. The maximum Gasteiger partial charge on any atom is 0.325 e. The van der Waals surface area contributed by atoms with Crippen LogP contribution < -0.4 is 21.9 Å². The van der Waals surface area contributed by atoms with Crippen LogP contribution in [0, 0.1) is 0 Å². The fourth-order valence-corrected chi connectivity index (χ4v) is 2.07. The average molecular weight is 252 g/mol. The Kier molecular flexibility index (Phi) is 3.61. The molecule has 7 nitrogen and oxygen atoms in total. The Morgan fingerprint density at radius 3 is 2.89 bits per heavy atom. The fourth-order valence-electron chi connectivity index (χ4n) is 2.07. The highest BCUT2D eigenvalue weighted by molar-refractivity contribution is 5.93. The Labute approximate surface area is 103 Å². The van der Waals surface area contributed by atoms with Crippen LogP contribution in [0.25, 0.3) is 0 Å². The van der Waals surface area contributed by atoms with Gasteiger partial charge in [0.25, 0.3) is 11.5 Å². The summed E-state index contributed by atoms with van der Waals surface area (Å²) in [6.45, 7) is 2.92. The van der Waals surface area contributed by atoms with Gasteiger partial charge in [-0.1, -0.05) is 0 Å². The van der Waals surface area contributed by atoms with E-state index in [4.69, 9.17) is 0 Å². The molecule has 4 N–H and O–H groups in total. The number of aromatic nitrogens is 2. The number of amides is 1. The third-order valence-electron chi connectivity index (χ3n) is 3.14. The summed E-state index contributed by atoms with van der Waals surface area (Å²) in [5.74, 6) is -0.465. The maximum atomic E-state index is 11.9. The van der Waals surface area contributed by atoms with Crippen molar-refractivity contribution >= 4 is 5.91 Å². The van der Waals surface area contributed by atoms with Gasteiger partial charge < -0.3 is 15.6 Å². The zero-order valence-corrected chi connectivity index (χ0v) is 10.1. The first-order chi connectivity index (χ1) is 8.58. The zero-order chi connectivity index (χ0) is 13.1. The van der Waals surface area contributed by atoms with Crippen LogP contribution in [-0.2, 0) is 0 Å². The molecule has 2 atom stereocenters. The topological polar surface area (TPSA) is 107 Å². The highest BCUT2D eigenvalue weighted by Crippen LogP contribution is 2.08. The van der Waals surface area contributed by atoms with E-state index >= 15 is 0 Å². The second-order valence-electron chi connectivity index (χ2n) is 4.45. The molecule has 1 aliphatic rings. The number of nitrogens with one attached hydrogen (secondary N) is 4. The molecule has 0 spiro atoms. The monoisotopic (exact) mass is 252 g/mol. The number of rotatable bonds is 2. The molecule has 18 heavy (non-hydrogen) atoms. The molecule has 2 unspecified atom stereocenters. The summed E-state index contributed by atoms with van der Waals surface area (Å²) in [4.78, 5) is 38.5. The lowest BCUT2D eigenvalue weighted by Gasteiger charge is -2.30. The van der Waals surface area contributed by atoms with Gasteiger partial charge in [0.15, 0.2) is 0 Å². The van der Waals surface area contributed by atoms with Crippen LogP contribution in [0.15, 0.2) is 15.8 Å². The average Bonchev–Trinajstić information content (AvgIpc) is 2.32. The van der Waals surface area contributed by atoms with Crippen LogP contribution >= 0.6 is 0 Å². The number of hydrogen-bond acceptors (Lipinski definition) is 4. The number of piperidine rings is 1. The third kappa shape index (κ3) is 2.67. The molecule has 98 valence electrons. The molecule has 0 radical (unpaired) electrons. The molecule has 1 aliphatic heterocycles. The number of hydrogen-bond donors (Lipinski definition) is 4. The summed E-state index contributed by atoms with van der Waals surface area (Å²) in [6, 6.07) is 0.169. The Morgan fingerprint density at radius 2 is 2.22 bits per heavy atom. The summed E-state index contributed by atoms with van der Waals surface area (Å²) in [5.41, 5.74) is -1.37. The first-order valence-electron chi connectivity index (χ1n) is 5.94. The van der Waals surface area contributed by atoms with Crippen molar-refractivity contribution in [2.45, 2.75) is 31.8 Å². The van der Waals surface area contributed by atoms with Gasteiger partial charge in [-0.05, 0) is 26.3 Å². The molecule has 0 aromatic carbocycles. The van der Waals surface area contributed by atoms with Crippen LogP contribution in [0.3, 0.4) is 0 Å². The molecule has 1 aromatic rings. The van der Waals surface area contributed by atoms with Crippen molar-refractivity contribution in [2.24, 2.45) is 0 Å². The van der Waals surface area contributed by atoms with Crippen molar-refractivity contribution in [2.75, 3.05) is 6.54 Å². The minimum absolute atomic E-state index is 0.00224. The molecule has 0 aliphatic carbocycles. The largest absolute Gasteiger partial charge is 0.348 e. The van der Waals surface area contributed by atoms with Gasteiger partial charge in [0.05, 0.1) is 0 Å². The Hall–Kier alpha value is -1.89. The van der Waals surface area contributed by atoms with Crippen LogP contribution in [-0.4, -0.2) is 34.5 Å². The molecule has 1 fully saturated rings. The number of carbonyl (C=O) groups is 1. The van der Waals surface area contributed by atoms with E-state index in [2.05, 4.69) is 15.6 Å². The zero-order valence-electron chi connectivity index (χ0n) is 10.1. The van der Waals surface area contributed by atoms with Crippen molar-refractivity contribution in [3.63, 3.8) is 0 Å². The minimum Gasteiger partial charge on any atom is -0.348 e. The van der Waals surface area contributed by atoms with E-state index in [1.54, 1.807) is 0 Å². The summed E-state index contributed by atoms with van der Waals surface area (Å²) in [5, 5.41) is 6.06. The highest BCUT2D eigenvalue weighted by atomic mass is 16.2. The number of carbonyl (C=O) groups excluding carboxylic acids is 1. The fraction of sp³-hybridized carbons (Fsp3) is 0.545. The van der Waals surface area contributed by atoms with E-state index in [0.29, 0.717) is 0 Å². The summed E-state index contributed by atoms with van der Waals surface area (Å²) in [6.07, 6.45) is 3.00. The molecule has 1 aromatic heterocycles. The van der Waals surface area contributed by atoms with Crippen LogP contribution in [0.2, 0.25) is 0 Å². The van der Waals surface area contributed by atoms with Crippen LogP contribution in [0.1, 0.15) is 30.1 Å². The van der Waals surface area contributed by atoms with Crippen molar-refractivity contribution in [1.29, 1.82) is 0 Å². The molecule has 1 amide bonds. The predicted octanol–water partition coefficient (Wildman–Crippen LogP) is -1.07. The lowest BCUT2D eigenvalue weighted by molar-refractivity contribution is 0.0918. The molecule has 0 bridgehead atoms. The lowest BCUT2D eigenvalue weighted by Crippen LogP contribution is -2.52. The molecule has 0 saturated carbocycles. The van der Waals surface area contributed by atoms with Gasteiger partial charge in [-0.3, -0.25) is 14.6 Å². The van der Waals surface area contributed by atoms with E-state index < -0.39 is 17.2 Å². The smallest absolute Gasteiger partial charge is 0.325 e. The molecular formula is C11H16N4O3. The highest BCUT2D eigenvalue weighted by Gasteiger charge is 2.23. The Morgan fingerprint density at radius 1 is 1.44 bits per heavy atom. The second-order valence-corrected chi connectivity index (χ2v) is 4.45. The van der Waals surface area contributed by atoms with Gasteiger partial charge in [-0.25, -0.2) is 4.79 Å². The van der Waals surface area contributed by atoms with Crippen molar-refractivity contribution in [3.8, 4) is 0 Å². The Bertz CT molecular complexity index is 548. The summed E-state index contributed by atoms with van der Waals surface area (Å²) >= 11 is 0. The normalized spacial score (nSPS) is 23.6. The van der Waals surface area contributed by atoms with E-state index in [1.807, 2.05) is 11.9 Å². The van der Waals surface area contributed by atoms with E-state index in [1.165, 1.54) is 0 Å². The predicted molar refractivity (Wildman–Crippen MR) is 65.6 cm³/mol. The standard InChI is InChI=1S/C11H16N4O3/c1-6-8(3-2-4-12-6)14-9(16)7-5-13-11(18)15-10(7)17/h5-6,8,12H,2-4H2,1H3,(H,14,16)(H2,13,15,17,18). The molecule has 2 heterocycles. The Balaban J connectivity index is 2.12. The van der Waals surface area contributed by atoms with Crippen LogP contribution in [0.5, 0.6) is 0 Å². The second kappa shape index (κ2) is 5.18. The molecule has 2 rings (SSSR count). The van der Waals surface area contributed by atoms with Gasteiger partial charge in [0.1, 0.15) is 5.56 Å². The van der Waals surface area contributed by atoms with Gasteiger partial charge in [0.2, 0.25) is 0 Å². The third-order valence-corrected chi connectivity index (χ3v) is 3.14.